The van der Waals surface area contributed by atoms with Crippen molar-refractivity contribution in [1.29, 1.82) is 0 Å². The molecule has 1 aromatic rings. The summed E-state index contributed by atoms with van der Waals surface area (Å²) >= 11 is 0. The van der Waals surface area contributed by atoms with Crippen LogP contribution in [0.1, 0.15) is 63.5 Å². The first kappa shape index (κ1) is 21.5. The van der Waals surface area contributed by atoms with Gasteiger partial charge < -0.3 is 20.7 Å². The van der Waals surface area contributed by atoms with Gasteiger partial charge in [-0.15, -0.1) is 0 Å². The standard InChI is InChI=1S/C23H36N4O2/c1-4-24-23(25-15-17-9-12-21(29-5-2)16(3)13-17)27-20-8-6-7-18(14-20)22(28)26-19-10-11-19/h9,12-13,18-20H,4-8,10-11,14-15H2,1-3H3,(H,26,28)(H2,24,25,27). The van der Waals surface area contributed by atoms with Crippen molar-refractivity contribution in [1.82, 2.24) is 16.0 Å². The van der Waals surface area contributed by atoms with Gasteiger partial charge in [-0.25, -0.2) is 4.99 Å². The van der Waals surface area contributed by atoms with Gasteiger partial charge in [-0.3, -0.25) is 4.79 Å². The van der Waals surface area contributed by atoms with Crippen molar-refractivity contribution in [2.45, 2.75) is 77.9 Å². The maximum atomic E-state index is 12.4. The molecular formula is C23H36N4O2. The summed E-state index contributed by atoms with van der Waals surface area (Å²) in [7, 11) is 0. The molecule has 160 valence electrons. The van der Waals surface area contributed by atoms with Crippen LogP contribution in [0.3, 0.4) is 0 Å². The molecule has 0 aromatic heterocycles. The van der Waals surface area contributed by atoms with Gasteiger partial charge in [0.1, 0.15) is 5.75 Å². The Morgan fingerprint density at radius 1 is 1.14 bits per heavy atom. The monoisotopic (exact) mass is 400 g/mol. The fraction of sp³-hybridized carbons (Fsp3) is 0.652. The highest BCUT2D eigenvalue weighted by Crippen LogP contribution is 2.27. The molecule has 0 saturated heterocycles. The van der Waals surface area contributed by atoms with Crippen molar-refractivity contribution in [3.8, 4) is 5.75 Å². The van der Waals surface area contributed by atoms with Crippen LogP contribution >= 0.6 is 0 Å². The molecule has 2 fully saturated rings. The van der Waals surface area contributed by atoms with Crippen LogP contribution in [0.15, 0.2) is 23.2 Å². The average molecular weight is 401 g/mol. The van der Waals surface area contributed by atoms with Crippen molar-refractivity contribution in [3.63, 3.8) is 0 Å². The van der Waals surface area contributed by atoms with Crippen molar-refractivity contribution in [2.75, 3.05) is 13.2 Å². The number of aliphatic imine (C=N–C) groups is 1. The lowest BCUT2D eigenvalue weighted by atomic mass is 9.85. The number of hydrogen-bond acceptors (Lipinski definition) is 3. The Hall–Kier alpha value is -2.24. The quantitative estimate of drug-likeness (QED) is 0.462. The first-order chi connectivity index (χ1) is 14.1. The molecule has 6 nitrogen and oxygen atoms in total. The number of nitrogens with zero attached hydrogens (tertiary/aromatic N) is 1. The molecule has 3 N–H and O–H groups in total. The summed E-state index contributed by atoms with van der Waals surface area (Å²) < 4.78 is 5.62. The normalized spacial score (nSPS) is 22.1. The molecule has 2 atom stereocenters. The smallest absolute Gasteiger partial charge is 0.223 e. The number of hydrogen-bond donors (Lipinski definition) is 3. The second-order valence-corrected chi connectivity index (χ2v) is 8.22. The van der Waals surface area contributed by atoms with E-state index in [1.165, 1.54) is 0 Å². The molecule has 2 saturated carbocycles. The third-order valence-electron chi connectivity index (χ3n) is 5.61. The first-order valence-corrected chi connectivity index (χ1v) is 11.2. The fourth-order valence-corrected chi connectivity index (χ4v) is 3.92. The lowest BCUT2D eigenvalue weighted by Crippen LogP contribution is -2.47. The summed E-state index contributed by atoms with van der Waals surface area (Å²) in [6.45, 7) is 8.24. The Balaban J connectivity index is 1.57. The van der Waals surface area contributed by atoms with Gasteiger partial charge >= 0.3 is 0 Å². The molecule has 0 aliphatic heterocycles. The number of benzene rings is 1. The number of rotatable bonds is 8. The predicted molar refractivity (Wildman–Crippen MR) is 117 cm³/mol. The molecule has 29 heavy (non-hydrogen) atoms. The minimum Gasteiger partial charge on any atom is -0.494 e. The summed E-state index contributed by atoms with van der Waals surface area (Å²) in [5.41, 5.74) is 2.29. The van der Waals surface area contributed by atoms with E-state index < -0.39 is 0 Å². The van der Waals surface area contributed by atoms with Gasteiger partial charge in [-0.05, 0) is 70.1 Å². The Bertz CT molecular complexity index is 715. The van der Waals surface area contributed by atoms with E-state index in [-0.39, 0.29) is 11.8 Å². The molecule has 2 aliphatic carbocycles. The van der Waals surface area contributed by atoms with Gasteiger partial charge in [-0.1, -0.05) is 18.6 Å². The Kier molecular flexibility index (Phi) is 7.78. The summed E-state index contributed by atoms with van der Waals surface area (Å²) in [5.74, 6) is 2.12. The minimum atomic E-state index is 0.124. The summed E-state index contributed by atoms with van der Waals surface area (Å²) in [6.07, 6.45) is 6.32. The van der Waals surface area contributed by atoms with Crippen molar-refractivity contribution < 1.29 is 9.53 Å². The van der Waals surface area contributed by atoms with Crippen LogP contribution in [-0.4, -0.2) is 37.1 Å². The second-order valence-electron chi connectivity index (χ2n) is 8.22. The van der Waals surface area contributed by atoms with Crippen LogP contribution in [0.5, 0.6) is 5.75 Å². The van der Waals surface area contributed by atoms with Crippen LogP contribution < -0.4 is 20.7 Å². The molecule has 3 rings (SSSR count). The highest BCUT2D eigenvalue weighted by Gasteiger charge is 2.31. The highest BCUT2D eigenvalue weighted by atomic mass is 16.5. The summed E-state index contributed by atoms with van der Waals surface area (Å²) in [5, 5.41) is 10.1. The minimum absolute atomic E-state index is 0.124. The van der Waals surface area contributed by atoms with E-state index in [9.17, 15) is 4.79 Å². The number of amides is 1. The maximum absolute atomic E-state index is 12.4. The van der Waals surface area contributed by atoms with E-state index in [0.717, 1.165) is 67.9 Å². The SMILES string of the molecule is CCNC(=NCc1ccc(OCC)c(C)c1)NC1CCCC(C(=O)NC2CC2)C1. The molecule has 0 radical (unpaired) electrons. The van der Waals surface area contributed by atoms with E-state index in [2.05, 4.69) is 41.9 Å². The topological polar surface area (TPSA) is 74.8 Å². The Morgan fingerprint density at radius 3 is 2.66 bits per heavy atom. The predicted octanol–water partition coefficient (Wildman–Crippen LogP) is 3.29. The zero-order chi connectivity index (χ0) is 20.6. The molecule has 2 unspecified atom stereocenters. The molecule has 0 bridgehead atoms. The molecule has 2 aliphatic rings. The van der Waals surface area contributed by atoms with Gasteiger partial charge in [0, 0.05) is 24.5 Å². The average Bonchev–Trinajstić information content (AvgIpc) is 3.52. The van der Waals surface area contributed by atoms with Crippen molar-refractivity contribution in [3.05, 3.63) is 29.3 Å². The van der Waals surface area contributed by atoms with Gasteiger partial charge in [0.25, 0.3) is 0 Å². The third-order valence-corrected chi connectivity index (χ3v) is 5.61. The number of aryl methyl sites for hydroxylation is 1. The maximum Gasteiger partial charge on any atom is 0.223 e. The summed E-state index contributed by atoms with van der Waals surface area (Å²) in [4.78, 5) is 17.2. The van der Waals surface area contributed by atoms with Gasteiger partial charge in [0.15, 0.2) is 5.96 Å². The number of carbonyl (C=O) groups excluding carboxylic acids is 1. The van der Waals surface area contributed by atoms with Gasteiger partial charge in [-0.2, -0.15) is 0 Å². The number of ether oxygens (including phenoxy) is 1. The molecule has 1 amide bonds. The number of carbonyl (C=O) groups is 1. The number of guanidine groups is 1. The Morgan fingerprint density at radius 2 is 1.97 bits per heavy atom. The van der Waals surface area contributed by atoms with Crippen LogP contribution in [0, 0.1) is 12.8 Å². The fourth-order valence-electron chi connectivity index (χ4n) is 3.92. The van der Waals surface area contributed by atoms with Crippen molar-refractivity contribution >= 4 is 11.9 Å². The van der Waals surface area contributed by atoms with E-state index in [1.807, 2.05) is 13.0 Å². The molecule has 6 heteroatoms. The third kappa shape index (κ3) is 6.65. The zero-order valence-electron chi connectivity index (χ0n) is 18.1. The molecular weight excluding hydrogens is 364 g/mol. The van der Waals surface area contributed by atoms with E-state index >= 15 is 0 Å². The van der Waals surface area contributed by atoms with E-state index in [1.54, 1.807) is 0 Å². The number of nitrogens with one attached hydrogen (secondary N) is 3. The van der Waals surface area contributed by atoms with E-state index in [0.29, 0.717) is 25.2 Å². The van der Waals surface area contributed by atoms with E-state index in [4.69, 9.17) is 9.73 Å². The second kappa shape index (κ2) is 10.5. The molecule has 0 heterocycles. The summed E-state index contributed by atoms with van der Waals surface area (Å²) in [6, 6.07) is 6.96. The lowest BCUT2D eigenvalue weighted by Gasteiger charge is -2.30. The van der Waals surface area contributed by atoms with Crippen LogP contribution in [0.4, 0.5) is 0 Å². The lowest BCUT2D eigenvalue weighted by molar-refractivity contribution is -0.126. The highest BCUT2D eigenvalue weighted by molar-refractivity contribution is 5.81. The largest absolute Gasteiger partial charge is 0.494 e. The van der Waals surface area contributed by atoms with Crippen LogP contribution in [-0.2, 0) is 11.3 Å². The van der Waals surface area contributed by atoms with Gasteiger partial charge in [0.05, 0.1) is 13.2 Å². The first-order valence-electron chi connectivity index (χ1n) is 11.2. The molecule has 1 aromatic carbocycles. The van der Waals surface area contributed by atoms with Crippen LogP contribution in [0.25, 0.3) is 0 Å². The molecule has 0 spiro atoms. The Labute approximate surface area is 174 Å². The van der Waals surface area contributed by atoms with Crippen molar-refractivity contribution in [2.24, 2.45) is 10.9 Å². The van der Waals surface area contributed by atoms with Crippen LogP contribution in [0.2, 0.25) is 0 Å². The van der Waals surface area contributed by atoms with Gasteiger partial charge in [0.2, 0.25) is 5.91 Å². The zero-order valence-corrected chi connectivity index (χ0v) is 18.1.